The van der Waals surface area contributed by atoms with Crippen molar-refractivity contribution >= 4 is 16.7 Å². The van der Waals surface area contributed by atoms with E-state index in [4.69, 9.17) is 13.9 Å². The Morgan fingerprint density at radius 3 is 3.00 bits per heavy atom. The summed E-state index contributed by atoms with van der Waals surface area (Å²) in [4.78, 5) is 12.3. The van der Waals surface area contributed by atoms with Crippen molar-refractivity contribution in [2.45, 2.75) is 25.9 Å². The smallest absolute Gasteiger partial charge is 0.323 e. The zero-order valence-electron chi connectivity index (χ0n) is 16.1. The lowest BCUT2D eigenvalue weighted by molar-refractivity contribution is -0.147. The fourth-order valence-electron chi connectivity index (χ4n) is 3.54. The number of aromatic nitrogens is 2. The number of benzene rings is 2. The maximum atomic E-state index is 12.3. The number of nitrogens with zero attached hydrogens (tertiary/aromatic N) is 2. The molecule has 29 heavy (non-hydrogen) atoms. The van der Waals surface area contributed by atoms with E-state index in [0.717, 1.165) is 17.2 Å². The van der Waals surface area contributed by atoms with Gasteiger partial charge in [-0.25, -0.2) is 0 Å². The number of hydrogen-bond donors (Lipinski definition) is 2. The minimum Gasteiger partial charge on any atom is -0.507 e. The number of aromatic hydroxyl groups is 1. The van der Waals surface area contributed by atoms with Crippen LogP contribution in [0, 0.1) is 5.92 Å². The molecule has 0 amide bonds. The highest BCUT2D eigenvalue weighted by Crippen LogP contribution is 2.31. The Morgan fingerprint density at radius 2 is 2.21 bits per heavy atom. The molecular formula is C21H23N3O5. The fraction of sp³-hybridized carbons (Fsp3) is 0.381. The second-order valence-corrected chi connectivity index (χ2v) is 6.95. The average Bonchev–Trinajstić information content (AvgIpc) is 3.41. The Bertz CT molecular complexity index is 997. The Morgan fingerprint density at radius 1 is 1.34 bits per heavy atom. The van der Waals surface area contributed by atoms with Crippen LogP contribution in [0.15, 0.2) is 40.8 Å². The number of carbonyl (C=O) groups excluding carboxylic acids is 1. The van der Waals surface area contributed by atoms with E-state index in [1.807, 2.05) is 30.3 Å². The lowest BCUT2D eigenvalue weighted by Gasteiger charge is -2.21. The maximum Gasteiger partial charge on any atom is 0.323 e. The van der Waals surface area contributed by atoms with Gasteiger partial charge in [0.15, 0.2) is 0 Å². The van der Waals surface area contributed by atoms with Crippen molar-refractivity contribution < 1.29 is 23.8 Å². The van der Waals surface area contributed by atoms with E-state index in [-0.39, 0.29) is 24.2 Å². The summed E-state index contributed by atoms with van der Waals surface area (Å²) in [5, 5.41) is 23.2. The number of phenolic OH excluding ortho intramolecular Hbond substituents is 1. The molecule has 2 unspecified atom stereocenters. The predicted octanol–water partition coefficient (Wildman–Crippen LogP) is 2.65. The number of hydrogen-bond acceptors (Lipinski definition) is 8. The third-order valence-corrected chi connectivity index (χ3v) is 5.00. The number of nitrogens with one attached hydrogen (secondary N) is 1. The molecule has 2 atom stereocenters. The van der Waals surface area contributed by atoms with Crippen molar-refractivity contribution in [3.8, 4) is 17.2 Å². The molecule has 0 radical (unpaired) electrons. The van der Waals surface area contributed by atoms with Crippen molar-refractivity contribution in [3.63, 3.8) is 0 Å². The normalized spacial score (nSPS) is 17.5. The first-order valence-electron chi connectivity index (χ1n) is 9.68. The highest BCUT2D eigenvalue weighted by Gasteiger charge is 2.32. The molecule has 1 saturated heterocycles. The Kier molecular flexibility index (Phi) is 5.73. The van der Waals surface area contributed by atoms with Crippen molar-refractivity contribution in [3.05, 3.63) is 42.3 Å². The SMILES string of the molecule is CCOC(=O)C(NCc1nnc(-c2cc(O)c3ccccc3c2)o1)C1CCOC1. The standard InChI is InChI=1S/C21H23N3O5/c1-2-28-21(26)19(14-7-8-27-12-14)22-11-18-23-24-20(29-18)15-9-13-5-3-4-6-16(13)17(25)10-15/h3-6,9-10,14,19,22,25H,2,7-8,11-12H2,1H3. The van der Waals surface area contributed by atoms with Crippen LogP contribution in [-0.2, 0) is 20.8 Å². The number of carbonyl (C=O) groups is 1. The van der Waals surface area contributed by atoms with Gasteiger partial charge < -0.3 is 19.0 Å². The Labute approximate surface area is 167 Å². The molecule has 4 rings (SSSR count). The number of rotatable bonds is 7. The summed E-state index contributed by atoms with van der Waals surface area (Å²) in [6.07, 6.45) is 0.794. The zero-order chi connectivity index (χ0) is 20.2. The van der Waals surface area contributed by atoms with Crippen molar-refractivity contribution in [1.82, 2.24) is 15.5 Å². The summed E-state index contributed by atoms with van der Waals surface area (Å²) >= 11 is 0. The van der Waals surface area contributed by atoms with E-state index >= 15 is 0 Å². The molecule has 2 aromatic carbocycles. The van der Waals surface area contributed by atoms with E-state index in [0.29, 0.717) is 37.2 Å². The van der Waals surface area contributed by atoms with E-state index in [1.54, 1.807) is 13.0 Å². The largest absolute Gasteiger partial charge is 0.507 e. The van der Waals surface area contributed by atoms with Gasteiger partial charge in [0.1, 0.15) is 11.8 Å². The highest BCUT2D eigenvalue weighted by molar-refractivity contribution is 5.91. The molecule has 3 aromatic rings. The molecule has 0 bridgehead atoms. The maximum absolute atomic E-state index is 12.3. The minimum atomic E-state index is -0.488. The molecule has 1 fully saturated rings. The molecule has 8 nitrogen and oxygen atoms in total. The molecule has 0 spiro atoms. The van der Waals surface area contributed by atoms with E-state index in [9.17, 15) is 9.90 Å². The summed E-state index contributed by atoms with van der Waals surface area (Å²) < 4.78 is 16.3. The molecule has 1 aliphatic heterocycles. The van der Waals surface area contributed by atoms with Gasteiger partial charge in [-0.1, -0.05) is 24.3 Å². The summed E-state index contributed by atoms with van der Waals surface area (Å²) in [6, 6.07) is 10.5. The molecule has 2 N–H and O–H groups in total. The number of ether oxygens (including phenoxy) is 2. The molecule has 1 aliphatic rings. The van der Waals surface area contributed by atoms with Crippen LogP contribution in [0.1, 0.15) is 19.2 Å². The quantitative estimate of drug-likeness (QED) is 0.586. The molecule has 2 heterocycles. The van der Waals surface area contributed by atoms with Gasteiger partial charge in [0.05, 0.1) is 19.8 Å². The van der Waals surface area contributed by atoms with Crippen LogP contribution >= 0.6 is 0 Å². The monoisotopic (exact) mass is 397 g/mol. The van der Waals surface area contributed by atoms with Gasteiger partial charge in [-0.2, -0.15) is 0 Å². The number of fused-ring (bicyclic) bond motifs is 1. The zero-order valence-corrected chi connectivity index (χ0v) is 16.1. The summed E-state index contributed by atoms with van der Waals surface area (Å²) in [7, 11) is 0. The van der Waals surface area contributed by atoms with Crippen molar-refractivity contribution in [2.24, 2.45) is 5.92 Å². The molecular weight excluding hydrogens is 374 g/mol. The molecule has 1 aromatic heterocycles. The Hall–Kier alpha value is -2.97. The Balaban J connectivity index is 1.49. The van der Waals surface area contributed by atoms with E-state index in [1.165, 1.54) is 0 Å². The van der Waals surface area contributed by atoms with E-state index < -0.39 is 6.04 Å². The number of phenols is 1. The number of esters is 1. The van der Waals surface area contributed by atoms with Crippen molar-refractivity contribution in [1.29, 1.82) is 0 Å². The third kappa shape index (κ3) is 4.23. The molecule has 0 saturated carbocycles. The van der Waals surface area contributed by atoms with Gasteiger partial charge in [0, 0.05) is 23.5 Å². The van der Waals surface area contributed by atoms with Crippen LogP contribution in [-0.4, -0.2) is 47.1 Å². The minimum absolute atomic E-state index is 0.0499. The van der Waals surface area contributed by atoms with Crippen LogP contribution < -0.4 is 5.32 Å². The lowest BCUT2D eigenvalue weighted by Crippen LogP contribution is -2.44. The average molecular weight is 397 g/mol. The van der Waals surface area contributed by atoms with Crippen LogP contribution in [0.2, 0.25) is 0 Å². The topological polar surface area (TPSA) is 107 Å². The predicted molar refractivity (Wildman–Crippen MR) is 105 cm³/mol. The van der Waals surface area contributed by atoms with Gasteiger partial charge in [-0.15, -0.1) is 10.2 Å². The lowest BCUT2D eigenvalue weighted by atomic mass is 9.99. The van der Waals surface area contributed by atoms with Crippen molar-refractivity contribution in [2.75, 3.05) is 19.8 Å². The van der Waals surface area contributed by atoms with Crippen LogP contribution in [0.4, 0.5) is 0 Å². The van der Waals surface area contributed by atoms with Crippen LogP contribution in [0.3, 0.4) is 0 Å². The second-order valence-electron chi connectivity index (χ2n) is 6.95. The first-order chi connectivity index (χ1) is 14.2. The van der Waals surface area contributed by atoms with Gasteiger partial charge in [-0.3, -0.25) is 10.1 Å². The molecule has 0 aliphatic carbocycles. The van der Waals surface area contributed by atoms with Crippen LogP contribution in [0.25, 0.3) is 22.2 Å². The van der Waals surface area contributed by atoms with Crippen LogP contribution in [0.5, 0.6) is 5.75 Å². The molecule has 152 valence electrons. The third-order valence-electron chi connectivity index (χ3n) is 5.00. The molecule has 8 heteroatoms. The fourth-order valence-corrected chi connectivity index (χ4v) is 3.54. The summed E-state index contributed by atoms with van der Waals surface area (Å²) in [5.74, 6) is 0.552. The summed E-state index contributed by atoms with van der Waals surface area (Å²) in [5.41, 5.74) is 0.631. The second kappa shape index (κ2) is 8.59. The summed E-state index contributed by atoms with van der Waals surface area (Å²) in [6.45, 7) is 3.48. The van der Waals surface area contributed by atoms with Gasteiger partial charge in [0.2, 0.25) is 11.8 Å². The first-order valence-corrected chi connectivity index (χ1v) is 9.68. The van der Waals surface area contributed by atoms with Gasteiger partial charge in [-0.05, 0) is 30.9 Å². The highest BCUT2D eigenvalue weighted by atomic mass is 16.5. The van der Waals surface area contributed by atoms with Gasteiger partial charge >= 0.3 is 5.97 Å². The van der Waals surface area contributed by atoms with Gasteiger partial charge in [0.25, 0.3) is 0 Å². The van der Waals surface area contributed by atoms with E-state index in [2.05, 4.69) is 15.5 Å². The first kappa shape index (κ1) is 19.4.